The molecule has 8 nitrogen and oxygen atoms in total. The zero-order chi connectivity index (χ0) is 24.1. The third-order valence-corrected chi connectivity index (χ3v) is 6.64. The molecule has 4 aromatic rings. The van der Waals surface area contributed by atoms with Gasteiger partial charge in [0.25, 0.3) is 5.91 Å². The molecular weight excluding hydrogens is 452 g/mol. The van der Waals surface area contributed by atoms with Crippen LogP contribution in [0, 0.1) is 12.7 Å². The summed E-state index contributed by atoms with van der Waals surface area (Å²) in [6.45, 7) is 1.28. The molecule has 1 aromatic carbocycles. The lowest BCUT2D eigenvalue weighted by molar-refractivity contribution is 0.102. The average molecular weight is 476 g/mol. The third-order valence-electron chi connectivity index (χ3n) is 6.64. The van der Waals surface area contributed by atoms with E-state index in [4.69, 9.17) is 0 Å². The molecule has 1 amide bonds. The fourth-order valence-corrected chi connectivity index (χ4v) is 4.61. The van der Waals surface area contributed by atoms with Crippen LogP contribution in [0.2, 0.25) is 0 Å². The van der Waals surface area contributed by atoms with Gasteiger partial charge in [0.15, 0.2) is 5.82 Å². The summed E-state index contributed by atoms with van der Waals surface area (Å²) < 4.78 is 31.9. The quantitative estimate of drug-likeness (QED) is 0.442. The van der Waals surface area contributed by atoms with Gasteiger partial charge in [0.05, 0.1) is 29.3 Å². The lowest BCUT2D eigenvalue weighted by atomic mass is 10.1. The lowest BCUT2D eigenvalue weighted by Gasteiger charge is -2.13. The molecule has 1 aliphatic carbocycles. The number of pyridine rings is 1. The number of hydrogen-bond donors (Lipinski definition) is 1. The van der Waals surface area contributed by atoms with Crippen molar-refractivity contribution in [3.63, 3.8) is 0 Å². The molecule has 1 fully saturated rings. The number of nitrogens with zero attached hydrogens (tertiary/aromatic N) is 6. The minimum Gasteiger partial charge on any atom is -0.306 e. The molecule has 1 N–H and O–H groups in total. The van der Waals surface area contributed by atoms with E-state index in [0.29, 0.717) is 41.5 Å². The van der Waals surface area contributed by atoms with E-state index in [1.54, 1.807) is 36.0 Å². The van der Waals surface area contributed by atoms with Gasteiger partial charge >= 0.3 is 0 Å². The Morgan fingerprint density at radius 2 is 2.06 bits per heavy atom. The first kappa shape index (κ1) is 21.6. The number of carbonyl (C=O) groups is 1. The molecule has 1 saturated carbocycles. The highest BCUT2D eigenvalue weighted by atomic mass is 19.1. The number of imidazole rings is 1. The second-order valence-corrected chi connectivity index (χ2v) is 9.12. The monoisotopic (exact) mass is 475 g/mol. The van der Waals surface area contributed by atoms with Crippen molar-refractivity contribution < 1.29 is 13.6 Å². The van der Waals surface area contributed by atoms with Crippen LogP contribution in [-0.4, -0.2) is 41.9 Å². The van der Waals surface area contributed by atoms with Crippen LogP contribution in [-0.2, 0) is 6.42 Å². The van der Waals surface area contributed by atoms with Gasteiger partial charge in [-0.3, -0.25) is 4.79 Å². The fourth-order valence-electron chi connectivity index (χ4n) is 4.61. The van der Waals surface area contributed by atoms with Gasteiger partial charge in [-0.25, -0.2) is 18.7 Å². The highest BCUT2D eigenvalue weighted by Crippen LogP contribution is 2.39. The largest absolute Gasteiger partial charge is 0.306 e. The molecule has 1 atom stereocenters. The number of carbonyl (C=O) groups excluding carboxylic acids is 1. The van der Waals surface area contributed by atoms with Gasteiger partial charge in [0.1, 0.15) is 29.8 Å². The van der Waals surface area contributed by atoms with Crippen LogP contribution >= 0.6 is 0 Å². The molecule has 6 rings (SSSR count). The first-order valence-electron chi connectivity index (χ1n) is 11.6. The maximum atomic E-state index is 14.8. The minimum absolute atomic E-state index is 0.0969. The highest BCUT2D eigenvalue weighted by molar-refractivity contribution is 6.04. The summed E-state index contributed by atoms with van der Waals surface area (Å²) in [5.41, 5.74) is 2.75. The first-order chi connectivity index (χ1) is 17.0. The second-order valence-electron chi connectivity index (χ2n) is 9.12. The molecule has 0 bridgehead atoms. The Morgan fingerprint density at radius 1 is 1.20 bits per heavy atom. The highest BCUT2D eigenvalue weighted by Gasteiger charge is 2.28. The smallest absolute Gasteiger partial charge is 0.259 e. The van der Waals surface area contributed by atoms with Crippen molar-refractivity contribution in [3.8, 4) is 17.2 Å². The number of benzene rings is 1. The molecule has 178 valence electrons. The molecule has 1 aliphatic heterocycles. The summed E-state index contributed by atoms with van der Waals surface area (Å²) >= 11 is 0. The van der Waals surface area contributed by atoms with Gasteiger partial charge in [-0.15, -0.1) is 10.2 Å². The Bertz CT molecular complexity index is 1440. The van der Waals surface area contributed by atoms with Gasteiger partial charge in [0, 0.05) is 18.5 Å². The maximum Gasteiger partial charge on any atom is 0.259 e. The van der Waals surface area contributed by atoms with Crippen LogP contribution in [0.4, 0.5) is 14.6 Å². The molecule has 3 aromatic heterocycles. The third kappa shape index (κ3) is 3.88. The van der Waals surface area contributed by atoms with Crippen molar-refractivity contribution in [2.24, 2.45) is 0 Å². The fraction of sp³-hybridized carbons (Fsp3) is 0.320. The number of alkyl halides is 1. The summed E-state index contributed by atoms with van der Waals surface area (Å²) in [6, 6.07) is 7.60. The number of aryl methyl sites for hydroxylation is 2. The van der Waals surface area contributed by atoms with Gasteiger partial charge in [-0.2, -0.15) is 0 Å². The van der Waals surface area contributed by atoms with Gasteiger partial charge in [-0.1, -0.05) is 6.07 Å². The molecule has 0 radical (unpaired) electrons. The standard InChI is InChI=1S/C25H23F2N7O/c1-14-9-18(27)17(10-21(14)33-12-20(28-13-33)15-5-6-15)25(35)30-22-4-2-3-19(29-22)24-32-31-23-8-7-16(11-26)34(23)24/h2-4,9-10,12-13,15-16H,5-8,11H2,1H3,(H,29,30,35)/t16-/m0/s1. The Morgan fingerprint density at radius 3 is 2.86 bits per heavy atom. The van der Waals surface area contributed by atoms with Crippen molar-refractivity contribution in [2.75, 3.05) is 12.0 Å². The Balaban J connectivity index is 1.28. The molecule has 0 spiro atoms. The molecule has 4 heterocycles. The number of halogens is 2. The number of anilines is 1. The zero-order valence-electron chi connectivity index (χ0n) is 19.1. The van der Waals surface area contributed by atoms with Crippen molar-refractivity contribution in [2.45, 2.75) is 44.6 Å². The van der Waals surface area contributed by atoms with Crippen molar-refractivity contribution in [1.82, 2.24) is 29.3 Å². The van der Waals surface area contributed by atoms with Crippen molar-refractivity contribution >= 4 is 11.7 Å². The summed E-state index contributed by atoms with van der Waals surface area (Å²) in [7, 11) is 0. The minimum atomic E-state index is -0.622. The molecule has 35 heavy (non-hydrogen) atoms. The molecular formula is C25H23F2N7O. The van der Waals surface area contributed by atoms with E-state index in [0.717, 1.165) is 24.4 Å². The van der Waals surface area contributed by atoms with Gasteiger partial charge < -0.3 is 14.5 Å². The Kier molecular flexibility index (Phi) is 5.16. The second kappa shape index (κ2) is 8.37. The lowest BCUT2D eigenvalue weighted by Crippen LogP contribution is -2.16. The SMILES string of the molecule is Cc1cc(F)c(C(=O)Nc2cccc(-c3nnc4n3[C@H](CF)CC4)n2)cc1-n1cnc(C2CC2)c1. The van der Waals surface area contributed by atoms with E-state index in [1.165, 1.54) is 12.1 Å². The molecule has 0 unspecified atom stereocenters. The number of hydrogen-bond acceptors (Lipinski definition) is 5. The Hall–Kier alpha value is -3.95. The van der Waals surface area contributed by atoms with Crippen LogP contribution in [0.15, 0.2) is 42.9 Å². The average Bonchev–Trinajstić information content (AvgIpc) is 3.25. The molecule has 0 saturated heterocycles. The van der Waals surface area contributed by atoms with Gasteiger partial charge in [0.2, 0.25) is 0 Å². The van der Waals surface area contributed by atoms with Crippen LogP contribution < -0.4 is 5.32 Å². The van der Waals surface area contributed by atoms with Crippen LogP contribution in [0.5, 0.6) is 0 Å². The maximum absolute atomic E-state index is 14.8. The van der Waals surface area contributed by atoms with E-state index >= 15 is 0 Å². The van der Waals surface area contributed by atoms with Crippen molar-refractivity contribution in [3.05, 3.63) is 71.3 Å². The number of fused-ring (bicyclic) bond motifs is 1. The number of nitrogens with one attached hydrogen (secondary N) is 1. The van der Waals surface area contributed by atoms with Crippen LogP contribution in [0.1, 0.15) is 58.7 Å². The van der Waals surface area contributed by atoms with Crippen LogP contribution in [0.3, 0.4) is 0 Å². The first-order valence-corrected chi connectivity index (χ1v) is 11.6. The Labute approximate surface area is 200 Å². The topological polar surface area (TPSA) is 90.5 Å². The predicted octanol–water partition coefficient (Wildman–Crippen LogP) is 4.56. The summed E-state index contributed by atoms with van der Waals surface area (Å²) in [6.07, 6.45) is 7.22. The van der Waals surface area contributed by atoms with E-state index in [2.05, 4.69) is 25.5 Å². The normalized spacial score (nSPS) is 16.9. The molecule has 2 aliphatic rings. The zero-order valence-corrected chi connectivity index (χ0v) is 19.1. The summed E-state index contributed by atoms with van der Waals surface area (Å²) in [5, 5.41) is 11.0. The van der Waals surface area contributed by atoms with E-state index in [-0.39, 0.29) is 17.4 Å². The number of rotatable bonds is 6. The predicted molar refractivity (Wildman–Crippen MR) is 125 cm³/mol. The molecule has 10 heteroatoms. The summed E-state index contributed by atoms with van der Waals surface area (Å²) in [5.74, 6) is 0.654. The number of aromatic nitrogens is 6. The number of amides is 1. The van der Waals surface area contributed by atoms with E-state index < -0.39 is 18.4 Å². The van der Waals surface area contributed by atoms with Crippen molar-refractivity contribution in [1.29, 1.82) is 0 Å². The van der Waals surface area contributed by atoms with E-state index in [9.17, 15) is 13.6 Å². The van der Waals surface area contributed by atoms with E-state index in [1.807, 2.05) is 10.8 Å². The summed E-state index contributed by atoms with van der Waals surface area (Å²) in [4.78, 5) is 22.0. The van der Waals surface area contributed by atoms with Gasteiger partial charge in [-0.05, 0) is 56.0 Å². The van der Waals surface area contributed by atoms with Crippen LogP contribution in [0.25, 0.3) is 17.2 Å².